The number of fused-ring (bicyclic) bond motifs is 12. The lowest BCUT2D eigenvalue weighted by Crippen LogP contribution is -2.15. The van der Waals surface area contributed by atoms with Crippen LogP contribution in [0, 0.1) is 0 Å². The fourth-order valence-electron chi connectivity index (χ4n) is 8.61. The third-order valence-corrected chi connectivity index (χ3v) is 12.5. The number of para-hydroxylation sites is 3. The topological polar surface area (TPSA) is 81.3 Å². The van der Waals surface area contributed by atoms with Gasteiger partial charge < -0.3 is 13.3 Å². The van der Waals surface area contributed by atoms with E-state index in [2.05, 4.69) is 83.8 Å². The highest BCUT2D eigenvalue weighted by atomic mass is 32.1. The number of aromatic nitrogens is 3. The first-order valence-corrected chi connectivity index (χ1v) is 20.2. The van der Waals surface area contributed by atoms with Crippen molar-refractivity contribution in [2.45, 2.75) is 0 Å². The highest BCUT2D eigenvalue weighted by molar-refractivity contribution is 7.25. The largest absolute Gasteiger partial charge is 0.456 e. The molecule has 59 heavy (non-hydrogen) atoms. The van der Waals surface area contributed by atoms with Crippen molar-refractivity contribution in [3.63, 3.8) is 0 Å². The molecule has 0 N–H and O–H groups in total. The number of nitrogens with zero attached hydrogens (tertiary/aromatic N) is 4. The summed E-state index contributed by atoms with van der Waals surface area (Å²) in [6.07, 6.45) is 0. The van der Waals surface area contributed by atoms with E-state index in [-0.39, 0.29) is 0 Å². The van der Waals surface area contributed by atoms with Gasteiger partial charge in [0.2, 0.25) is 5.95 Å². The van der Waals surface area contributed by atoms with Crippen molar-refractivity contribution in [3.8, 4) is 22.8 Å². The molecule has 13 rings (SSSR count). The Kier molecular flexibility index (Phi) is 6.76. The molecule has 8 heteroatoms. The second kappa shape index (κ2) is 12.3. The van der Waals surface area contributed by atoms with Crippen molar-refractivity contribution < 1.29 is 13.3 Å². The molecule has 276 valence electrons. The van der Waals surface area contributed by atoms with Crippen molar-refractivity contribution in [1.29, 1.82) is 0 Å². The van der Waals surface area contributed by atoms with Crippen LogP contribution in [-0.4, -0.2) is 15.0 Å². The molecular formula is C51H28N4O3S. The zero-order chi connectivity index (χ0) is 38.6. The third kappa shape index (κ3) is 4.97. The molecule has 0 saturated carbocycles. The lowest BCUT2D eigenvalue weighted by molar-refractivity contribution is 0.668. The summed E-state index contributed by atoms with van der Waals surface area (Å²) in [7, 11) is 0. The third-order valence-electron chi connectivity index (χ3n) is 11.3. The first-order valence-electron chi connectivity index (χ1n) is 19.4. The minimum atomic E-state index is 0.468. The molecule has 0 spiro atoms. The van der Waals surface area contributed by atoms with Crippen molar-refractivity contribution in [2.24, 2.45) is 0 Å². The van der Waals surface area contributed by atoms with Gasteiger partial charge in [-0.2, -0.15) is 9.97 Å². The molecule has 0 atom stereocenters. The molecule has 0 fully saturated rings. The number of hydrogen-bond acceptors (Lipinski definition) is 8. The molecule has 0 aliphatic carbocycles. The van der Waals surface area contributed by atoms with Gasteiger partial charge in [-0.15, -0.1) is 11.3 Å². The Labute approximate surface area is 339 Å². The van der Waals surface area contributed by atoms with E-state index in [4.69, 9.17) is 28.2 Å². The van der Waals surface area contributed by atoms with Gasteiger partial charge in [0, 0.05) is 63.9 Å². The van der Waals surface area contributed by atoms with Crippen molar-refractivity contribution in [3.05, 3.63) is 170 Å². The van der Waals surface area contributed by atoms with Crippen LogP contribution in [0.15, 0.2) is 183 Å². The quantitative estimate of drug-likeness (QED) is 0.172. The summed E-state index contributed by atoms with van der Waals surface area (Å²) < 4.78 is 21.4. The second-order valence-electron chi connectivity index (χ2n) is 14.8. The normalized spacial score (nSPS) is 12.1. The first kappa shape index (κ1) is 32.3. The molecule has 5 aromatic heterocycles. The van der Waals surface area contributed by atoms with Crippen LogP contribution in [0.5, 0.6) is 0 Å². The van der Waals surface area contributed by atoms with Crippen molar-refractivity contribution in [2.75, 3.05) is 4.90 Å². The fraction of sp³-hybridized carbons (Fsp3) is 0. The molecular weight excluding hydrogens is 749 g/mol. The average Bonchev–Trinajstić information content (AvgIpc) is 4.06. The summed E-state index contributed by atoms with van der Waals surface area (Å²) in [5, 5.41) is 8.41. The standard InChI is InChI=1S/C51H28N4O3S/c1-5-15-40-32(10-1)36-26-29(20-23-43(36)56-40)49-52-50(30-21-24-44-37(27-30)33-11-2-6-16-41(33)57-44)54-51(53-49)55(31-22-25-47-38(28-31)34-12-4-8-19-46(34)59-47)39-14-9-18-45-48(39)35-13-3-7-17-42(35)58-45/h1-28H. The van der Waals surface area contributed by atoms with Crippen LogP contribution in [-0.2, 0) is 0 Å². The van der Waals surface area contributed by atoms with Crippen LogP contribution in [0.4, 0.5) is 17.3 Å². The monoisotopic (exact) mass is 776 g/mol. The maximum absolute atomic E-state index is 6.46. The maximum Gasteiger partial charge on any atom is 0.238 e. The number of hydrogen-bond donors (Lipinski definition) is 0. The Balaban J connectivity index is 1.11. The van der Waals surface area contributed by atoms with Gasteiger partial charge in [-0.25, -0.2) is 4.98 Å². The number of furan rings is 3. The van der Waals surface area contributed by atoms with Crippen LogP contribution in [0.25, 0.3) is 109 Å². The van der Waals surface area contributed by atoms with Crippen LogP contribution in [0.1, 0.15) is 0 Å². The summed E-state index contributed by atoms with van der Waals surface area (Å²) >= 11 is 1.79. The van der Waals surface area contributed by atoms with Gasteiger partial charge in [0.1, 0.15) is 33.5 Å². The van der Waals surface area contributed by atoms with Crippen LogP contribution in [0.3, 0.4) is 0 Å². The number of rotatable bonds is 5. The van der Waals surface area contributed by atoms with E-state index in [0.717, 1.165) is 88.3 Å². The molecule has 8 aromatic carbocycles. The van der Waals surface area contributed by atoms with Crippen LogP contribution < -0.4 is 4.90 Å². The van der Waals surface area contributed by atoms with Gasteiger partial charge in [-0.3, -0.25) is 4.90 Å². The smallest absolute Gasteiger partial charge is 0.238 e. The molecule has 5 heterocycles. The Morgan fingerprint density at radius 3 is 1.58 bits per heavy atom. The summed E-state index contributed by atoms with van der Waals surface area (Å²) in [5.74, 6) is 1.53. The van der Waals surface area contributed by atoms with Gasteiger partial charge in [0.05, 0.1) is 11.1 Å². The Morgan fingerprint density at radius 2 is 0.898 bits per heavy atom. The summed E-state index contributed by atoms with van der Waals surface area (Å²) in [6, 6.07) is 58.0. The van der Waals surface area contributed by atoms with Gasteiger partial charge >= 0.3 is 0 Å². The van der Waals surface area contributed by atoms with E-state index < -0.39 is 0 Å². The van der Waals surface area contributed by atoms with E-state index in [0.29, 0.717) is 17.6 Å². The molecule has 0 saturated heterocycles. The van der Waals surface area contributed by atoms with Crippen molar-refractivity contribution in [1.82, 2.24) is 15.0 Å². The summed E-state index contributed by atoms with van der Waals surface area (Å²) in [6.45, 7) is 0. The highest BCUT2D eigenvalue weighted by Crippen LogP contribution is 2.45. The number of anilines is 3. The molecule has 0 aliphatic heterocycles. The summed E-state index contributed by atoms with van der Waals surface area (Å²) in [4.78, 5) is 18.2. The fourth-order valence-corrected chi connectivity index (χ4v) is 9.70. The lowest BCUT2D eigenvalue weighted by Gasteiger charge is -2.25. The molecule has 0 bridgehead atoms. The zero-order valence-electron chi connectivity index (χ0n) is 31.1. The van der Waals surface area contributed by atoms with Crippen molar-refractivity contribution >= 4 is 115 Å². The molecule has 0 unspecified atom stereocenters. The highest BCUT2D eigenvalue weighted by Gasteiger charge is 2.25. The van der Waals surface area contributed by atoms with Crippen LogP contribution in [0.2, 0.25) is 0 Å². The minimum Gasteiger partial charge on any atom is -0.456 e. The number of thiophene rings is 1. The minimum absolute atomic E-state index is 0.468. The zero-order valence-corrected chi connectivity index (χ0v) is 31.9. The molecule has 13 aromatic rings. The van der Waals surface area contributed by atoms with Gasteiger partial charge in [0.15, 0.2) is 11.6 Å². The lowest BCUT2D eigenvalue weighted by atomic mass is 10.1. The SMILES string of the molecule is c1ccc2c(c1)oc1ccc(-c3nc(-c4ccc5oc6ccccc6c5c4)nc(N(c4ccc5sc6ccccc6c5c4)c4cccc5oc6ccccc6c45)n3)cc12. The Bertz CT molecular complexity index is 3710. The Hall–Kier alpha value is -7.81. The molecule has 0 radical (unpaired) electrons. The van der Waals surface area contributed by atoms with E-state index in [1.807, 2.05) is 91.0 Å². The molecule has 0 aliphatic rings. The molecule has 0 amide bonds. The van der Waals surface area contributed by atoms with E-state index in [9.17, 15) is 0 Å². The van der Waals surface area contributed by atoms with E-state index in [1.54, 1.807) is 11.3 Å². The van der Waals surface area contributed by atoms with Crippen LogP contribution >= 0.6 is 11.3 Å². The first-order chi connectivity index (χ1) is 29.2. The van der Waals surface area contributed by atoms with Gasteiger partial charge in [-0.1, -0.05) is 78.9 Å². The number of benzene rings is 8. The predicted molar refractivity (Wildman–Crippen MR) is 240 cm³/mol. The van der Waals surface area contributed by atoms with Gasteiger partial charge in [0.25, 0.3) is 0 Å². The van der Waals surface area contributed by atoms with E-state index >= 15 is 0 Å². The second-order valence-corrected chi connectivity index (χ2v) is 15.8. The van der Waals surface area contributed by atoms with E-state index in [1.165, 1.54) is 20.2 Å². The van der Waals surface area contributed by atoms with Gasteiger partial charge in [-0.05, 0) is 91.0 Å². The maximum atomic E-state index is 6.46. The Morgan fingerprint density at radius 1 is 0.373 bits per heavy atom. The average molecular weight is 777 g/mol. The summed E-state index contributed by atoms with van der Waals surface area (Å²) in [5.41, 5.74) is 8.35. The molecule has 7 nitrogen and oxygen atoms in total. The predicted octanol–water partition coefficient (Wildman–Crippen LogP) is 14.7.